The molecule has 1 aromatic heterocycles. The molecule has 7 nitrogen and oxygen atoms in total. The summed E-state index contributed by atoms with van der Waals surface area (Å²) in [6, 6.07) is 13.3. The van der Waals surface area contributed by atoms with Crippen molar-refractivity contribution in [1.82, 2.24) is 10.2 Å². The van der Waals surface area contributed by atoms with E-state index in [1.165, 1.54) is 42.5 Å². The summed E-state index contributed by atoms with van der Waals surface area (Å²) >= 11 is 1.03. The van der Waals surface area contributed by atoms with Gasteiger partial charge in [0.2, 0.25) is 5.91 Å². The van der Waals surface area contributed by atoms with Crippen molar-refractivity contribution in [3.8, 4) is 5.75 Å². The molecule has 1 N–H and O–H groups in total. The van der Waals surface area contributed by atoms with Crippen molar-refractivity contribution >= 4 is 34.8 Å². The zero-order valence-electron chi connectivity index (χ0n) is 24.6. The number of hydrogen-bond acceptors (Lipinski definition) is 6. The first-order chi connectivity index (χ1) is 21.6. The Morgan fingerprint density at radius 2 is 1.48 bits per heavy atom. The van der Waals surface area contributed by atoms with Gasteiger partial charge in [-0.2, -0.15) is 26.3 Å². The number of ketones is 1. The summed E-state index contributed by atoms with van der Waals surface area (Å²) in [5.41, 5.74) is -3.74. The molecule has 1 aliphatic heterocycles. The molecule has 4 rings (SSSR count). The molecule has 3 aromatic rings. The highest BCUT2D eigenvalue weighted by Gasteiger charge is 2.58. The van der Waals surface area contributed by atoms with Crippen LogP contribution in [0.4, 0.5) is 26.3 Å². The van der Waals surface area contributed by atoms with Crippen LogP contribution in [0.5, 0.6) is 5.75 Å². The summed E-state index contributed by atoms with van der Waals surface area (Å²) in [5.74, 6) is -3.75. The Kier molecular flexibility index (Phi) is 10.6. The maximum absolute atomic E-state index is 15.1. The van der Waals surface area contributed by atoms with Gasteiger partial charge in [0.25, 0.3) is 11.8 Å². The third-order valence-corrected chi connectivity index (χ3v) is 8.72. The predicted molar refractivity (Wildman–Crippen MR) is 157 cm³/mol. The number of carbonyl (C=O) groups is 4. The number of aryl methyl sites for hydroxylation is 1. The second-order valence-corrected chi connectivity index (χ2v) is 11.9. The maximum atomic E-state index is 15.1. The van der Waals surface area contributed by atoms with Crippen LogP contribution in [0.1, 0.15) is 79.9 Å². The highest BCUT2D eigenvalue weighted by molar-refractivity contribution is 7.14. The van der Waals surface area contributed by atoms with Crippen molar-refractivity contribution in [2.45, 2.75) is 63.3 Å². The Bertz CT molecular complexity index is 1550. The van der Waals surface area contributed by atoms with Crippen LogP contribution in [0.3, 0.4) is 0 Å². The molecule has 0 saturated carbocycles. The fourth-order valence-electron chi connectivity index (χ4n) is 5.03. The third-order valence-electron chi connectivity index (χ3n) is 7.45. The number of alkyl halides is 6. The van der Waals surface area contributed by atoms with Gasteiger partial charge in [0.15, 0.2) is 11.3 Å². The van der Waals surface area contributed by atoms with Gasteiger partial charge in [-0.25, -0.2) is 0 Å². The molecule has 1 aliphatic rings. The average molecular weight is 669 g/mol. The number of hydrogen-bond donors (Lipinski definition) is 1. The SMILES string of the molecule is CCc1ccc(C(=O)CC(NC(=O)CN2C(=O)c3ccccc3C2=O)(c2ccc(OCCCCCC(F)(F)F)cc2)C(F)(F)F)s1. The van der Waals surface area contributed by atoms with E-state index in [0.29, 0.717) is 11.3 Å². The van der Waals surface area contributed by atoms with E-state index in [0.717, 1.165) is 28.3 Å². The number of unbranched alkanes of at least 4 members (excludes halogenated alkanes) is 2. The number of amides is 3. The number of fused-ring (bicyclic) bond motifs is 1. The van der Waals surface area contributed by atoms with Crippen LogP contribution in [0, 0.1) is 0 Å². The molecule has 0 spiro atoms. The summed E-state index contributed by atoms with van der Waals surface area (Å²) in [5, 5.41) is 1.94. The Labute approximate surface area is 264 Å². The molecule has 46 heavy (non-hydrogen) atoms. The highest BCUT2D eigenvalue weighted by Crippen LogP contribution is 2.43. The van der Waals surface area contributed by atoms with Gasteiger partial charge in [-0.05, 0) is 67.6 Å². The first kappa shape index (κ1) is 34.7. The Hall–Kier alpha value is -4.20. The lowest BCUT2D eigenvalue weighted by atomic mass is 9.83. The van der Waals surface area contributed by atoms with E-state index in [1.807, 2.05) is 12.2 Å². The smallest absolute Gasteiger partial charge is 0.416 e. The van der Waals surface area contributed by atoms with E-state index in [-0.39, 0.29) is 47.6 Å². The third kappa shape index (κ3) is 7.95. The molecule has 0 radical (unpaired) electrons. The first-order valence-electron chi connectivity index (χ1n) is 14.4. The second kappa shape index (κ2) is 14.1. The minimum atomic E-state index is -5.23. The molecule has 3 amide bonds. The van der Waals surface area contributed by atoms with E-state index in [2.05, 4.69) is 0 Å². The standard InChI is InChI=1S/C32H30F6N2O5S/c1-2-22-14-15-26(46-22)25(41)18-30(32(36,37)38,20-10-12-21(13-11-20)45-17-7-3-6-16-31(33,34)35)39-27(42)19-40-28(43)23-8-4-5-9-24(23)29(40)44/h4-5,8-15H,2-3,6-7,16-19H2,1H3,(H,39,42). The fraction of sp³-hybridized carbons (Fsp3) is 0.375. The first-order valence-corrected chi connectivity index (χ1v) is 15.2. The Morgan fingerprint density at radius 3 is 2.02 bits per heavy atom. The lowest BCUT2D eigenvalue weighted by Crippen LogP contribution is -2.59. The van der Waals surface area contributed by atoms with Gasteiger partial charge in [0, 0.05) is 17.7 Å². The van der Waals surface area contributed by atoms with E-state index in [1.54, 1.807) is 6.07 Å². The Morgan fingerprint density at radius 1 is 0.848 bits per heavy atom. The van der Waals surface area contributed by atoms with Gasteiger partial charge >= 0.3 is 12.4 Å². The fourth-order valence-corrected chi connectivity index (χ4v) is 5.92. The molecular weight excluding hydrogens is 638 g/mol. The van der Waals surface area contributed by atoms with Gasteiger partial charge in [0.05, 0.1) is 22.6 Å². The van der Waals surface area contributed by atoms with Crippen LogP contribution in [0.2, 0.25) is 0 Å². The van der Waals surface area contributed by atoms with Crippen molar-refractivity contribution in [3.05, 3.63) is 87.1 Å². The monoisotopic (exact) mass is 668 g/mol. The second-order valence-electron chi connectivity index (χ2n) is 10.7. The summed E-state index contributed by atoms with van der Waals surface area (Å²) in [4.78, 5) is 53.5. The number of Topliss-reactive ketones (excluding diaryl/α,β-unsaturated/α-hetero) is 1. The molecule has 0 bridgehead atoms. The van der Waals surface area contributed by atoms with Gasteiger partial charge in [-0.3, -0.25) is 24.1 Å². The topological polar surface area (TPSA) is 92.8 Å². The van der Waals surface area contributed by atoms with Crippen LogP contribution in [-0.4, -0.2) is 53.9 Å². The molecule has 0 aliphatic carbocycles. The number of benzene rings is 2. The number of carbonyl (C=O) groups excluding carboxylic acids is 4. The molecule has 1 unspecified atom stereocenters. The lowest BCUT2D eigenvalue weighted by molar-refractivity contribution is -0.201. The summed E-state index contributed by atoms with van der Waals surface area (Å²) < 4.78 is 87.9. The number of nitrogens with one attached hydrogen (secondary N) is 1. The minimum Gasteiger partial charge on any atom is -0.494 e. The number of rotatable bonds is 14. The van der Waals surface area contributed by atoms with Crippen LogP contribution in [0.15, 0.2) is 60.7 Å². The van der Waals surface area contributed by atoms with Gasteiger partial charge in [0.1, 0.15) is 12.3 Å². The maximum Gasteiger partial charge on any atom is 0.416 e. The molecular formula is C32H30F6N2O5S. The summed E-state index contributed by atoms with van der Waals surface area (Å²) in [7, 11) is 0. The molecule has 14 heteroatoms. The largest absolute Gasteiger partial charge is 0.494 e. The van der Waals surface area contributed by atoms with Crippen molar-refractivity contribution in [3.63, 3.8) is 0 Å². The van der Waals surface area contributed by atoms with E-state index in [9.17, 15) is 32.3 Å². The minimum absolute atomic E-state index is 0.0120. The molecule has 0 saturated heterocycles. The number of halogens is 6. The molecule has 2 aromatic carbocycles. The zero-order chi connectivity index (χ0) is 33.7. The van der Waals surface area contributed by atoms with E-state index >= 15 is 13.2 Å². The predicted octanol–water partition coefficient (Wildman–Crippen LogP) is 7.26. The van der Waals surface area contributed by atoms with Gasteiger partial charge in [-0.1, -0.05) is 31.2 Å². The Balaban J connectivity index is 1.58. The van der Waals surface area contributed by atoms with Crippen molar-refractivity contribution in [2.24, 2.45) is 0 Å². The van der Waals surface area contributed by atoms with E-state index < -0.39 is 66.3 Å². The molecule has 246 valence electrons. The number of imide groups is 1. The van der Waals surface area contributed by atoms with Crippen LogP contribution < -0.4 is 10.1 Å². The average Bonchev–Trinajstić information content (AvgIpc) is 3.57. The normalized spacial score (nSPS) is 14.6. The van der Waals surface area contributed by atoms with Gasteiger partial charge < -0.3 is 10.1 Å². The van der Waals surface area contributed by atoms with Crippen LogP contribution >= 0.6 is 11.3 Å². The quantitative estimate of drug-likeness (QED) is 0.0846. The lowest BCUT2D eigenvalue weighted by Gasteiger charge is -2.37. The summed E-state index contributed by atoms with van der Waals surface area (Å²) in [6.45, 7) is 0.827. The van der Waals surface area contributed by atoms with Crippen molar-refractivity contribution in [2.75, 3.05) is 13.2 Å². The number of thiophene rings is 1. The molecule has 2 heterocycles. The zero-order valence-corrected chi connectivity index (χ0v) is 25.4. The molecule has 0 fully saturated rings. The van der Waals surface area contributed by atoms with Gasteiger partial charge in [-0.15, -0.1) is 11.3 Å². The van der Waals surface area contributed by atoms with Crippen LogP contribution in [-0.2, 0) is 16.8 Å². The van der Waals surface area contributed by atoms with Crippen molar-refractivity contribution < 1.29 is 50.3 Å². The molecule has 1 atom stereocenters. The number of nitrogens with zero attached hydrogens (tertiary/aromatic N) is 1. The highest BCUT2D eigenvalue weighted by atomic mass is 32.1. The summed E-state index contributed by atoms with van der Waals surface area (Å²) in [6.07, 6.45) is -10.6. The van der Waals surface area contributed by atoms with Crippen LogP contribution in [0.25, 0.3) is 0 Å². The number of ether oxygens (including phenoxy) is 1. The van der Waals surface area contributed by atoms with Crippen molar-refractivity contribution in [1.29, 1.82) is 0 Å². The van der Waals surface area contributed by atoms with E-state index in [4.69, 9.17) is 4.74 Å².